The summed E-state index contributed by atoms with van der Waals surface area (Å²) in [7, 11) is 0. The standard InChI is InChI=1S/C14H20N2/c1-8-5-9(2)13-11(4)14(10(3)7-15)16-12(13)6-8/h5-6,10,16H,7,15H2,1-4H3. The van der Waals surface area contributed by atoms with Gasteiger partial charge in [-0.1, -0.05) is 13.0 Å². The topological polar surface area (TPSA) is 41.8 Å². The van der Waals surface area contributed by atoms with Crippen molar-refractivity contribution in [1.29, 1.82) is 0 Å². The molecule has 0 aliphatic rings. The van der Waals surface area contributed by atoms with Crippen molar-refractivity contribution >= 4 is 10.9 Å². The molecule has 0 radical (unpaired) electrons. The molecule has 0 bridgehead atoms. The average molecular weight is 216 g/mol. The van der Waals surface area contributed by atoms with E-state index in [-0.39, 0.29) is 0 Å². The lowest BCUT2D eigenvalue weighted by Crippen LogP contribution is -2.10. The Kier molecular flexibility index (Phi) is 2.76. The number of nitrogens with two attached hydrogens (primary N) is 1. The van der Waals surface area contributed by atoms with Crippen LogP contribution >= 0.6 is 0 Å². The number of aryl methyl sites for hydroxylation is 3. The van der Waals surface area contributed by atoms with E-state index in [1.165, 1.54) is 33.3 Å². The first-order valence-corrected chi connectivity index (χ1v) is 5.84. The van der Waals surface area contributed by atoms with Gasteiger partial charge in [-0.3, -0.25) is 0 Å². The Morgan fingerprint density at radius 2 is 1.94 bits per heavy atom. The van der Waals surface area contributed by atoms with Gasteiger partial charge in [0.15, 0.2) is 0 Å². The summed E-state index contributed by atoms with van der Waals surface area (Å²) in [5.41, 5.74) is 12.3. The second-order valence-corrected chi connectivity index (χ2v) is 4.80. The van der Waals surface area contributed by atoms with Gasteiger partial charge in [-0.25, -0.2) is 0 Å². The fourth-order valence-corrected chi connectivity index (χ4v) is 2.55. The molecule has 0 aliphatic heterocycles. The van der Waals surface area contributed by atoms with E-state index in [0.29, 0.717) is 12.5 Å². The van der Waals surface area contributed by atoms with Gasteiger partial charge >= 0.3 is 0 Å². The van der Waals surface area contributed by atoms with Crippen molar-refractivity contribution in [3.05, 3.63) is 34.5 Å². The molecule has 2 nitrogen and oxygen atoms in total. The van der Waals surface area contributed by atoms with Gasteiger partial charge < -0.3 is 10.7 Å². The van der Waals surface area contributed by atoms with Crippen molar-refractivity contribution in [3.63, 3.8) is 0 Å². The molecular weight excluding hydrogens is 196 g/mol. The van der Waals surface area contributed by atoms with E-state index in [9.17, 15) is 0 Å². The summed E-state index contributed by atoms with van der Waals surface area (Å²) >= 11 is 0. The predicted octanol–water partition coefficient (Wildman–Crippen LogP) is 3.16. The van der Waals surface area contributed by atoms with Crippen LogP contribution in [-0.4, -0.2) is 11.5 Å². The summed E-state index contributed by atoms with van der Waals surface area (Å²) < 4.78 is 0. The lowest BCUT2D eigenvalue weighted by atomic mass is 10.0. The monoisotopic (exact) mass is 216 g/mol. The van der Waals surface area contributed by atoms with Gasteiger partial charge in [0.2, 0.25) is 0 Å². The van der Waals surface area contributed by atoms with Crippen LogP contribution in [0.5, 0.6) is 0 Å². The minimum absolute atomic E-state index is 0.395. The third-order valence-electron chi connectivity index (χ3n) is 3.37. The second-order valence-electron chi connectivity index (χ2n) is 4.80. The number of nitrogens with one attached hydrogen (secondary N) is 1. The first kappa shape index (κ1) is 11.2. The van der Waals surface area contributed by atoms with E-state index in [1.807, 2.05) is 0 Å². The highest BCUT2D eigenvalue weighted by Crippen LogP contribution is 2.29. The maximum atomic E-state index is 5.74. The van der Waals surface area contributed by atoms with Crippen LogP contribution in [-0.2, 0) is 0 Å². The lowest BCUT2D eigenvalue weighted by molar-refractivity contribution is 0.748. The van der Waals surface area contributed by atoms with E-state index in [4.69, 9.17) is 5.73 Å². The van der Waals surface area contributed by atoms with E-state index in [0.717, 1.165) is 0 Å². The summed E-state index contributed by atoms with van der Waals surface area (Å²) in [4.78, 5) is 3.52. The van der Waals surface area contributed by atoms with Crippen molar-refractivity contribution < 1.29 is 0 Å². The number of aromatic amines is 1. The van der Waals surface area contributed by atoms with Crippen molar-refractivity contribution in [2.24, 2.45) is 5.73 Å². The van der Waals surface area contributed by atoms with Crippen molar-refractivity contribution in [1.82, 2.24) is 4.98 Å². The van der Waals surface area contributed by atoms with E-state index >= 15 is 0 Å². The third kappa shape index (κ3) is 1.63. The highest BCUT2D eigenvalue weighted by atomic mass is 14.7. The molecule has 1 aromatic heterocycles. The van der Waals surface area contributed by atoms with Crippen molar-refractivity contribution in [2.75, 3.05) is 6.54 Å². The molecule has 2 aromatic rings. The molecule has 3 N–H and O–H groups in total. The Hall–Kier alpha value is -1.28. The summed E-state index contributed by atoms with van der Waals surface area (Å²) in [5.74, 6) is 0.395. The molecular formula is C14H20N2. The molecule has 0 amide bonds. The molecule has 0 aliphatic carbocycles. The minimum atomic E-state index is 0.395. The number of hydrogen-bond donors (Lipinski definition) is 2. The predicted molar refractivity (Wildman–Crippen MR) is 70.0 cm³/mol. The lowest BCUT2D eigenvalue weighted by Gasteiger charge is -2.07. The van der Waals surface area contributed by atoms with Crippen LogP contribution in [0.15, 0.2) is 12.1 Å². The molecule has 16 heavy (non-hydrogen) atoms. The van der Waals surface area contributed by atoms with Gasteiger partial charge in [0.1, 0.15) is 0 Å². The first-order valence-electron chi connectivity index (χ1n) is 5.84. The SMILES string of the molecule is Cc1cc(C)c2c(C)c(C(C)CN)[nH]c2c1. The second kappa shape index (κ2) is 3.95. The molecule has 1 aromatic carbocycles. The van der Waals surface area contributed by atoms with Crippen LogP contribution in [0.2, 0.25) is 0 Å². The van der Waals surface area contributed by atoms with Gasteiger partial charge in [0, 0.05) is 29.1 Å². The number of hydrogen-bond acceptors (Lipinski definition) is 1. The largest absolute Gasteiger partial charge is 0.358 e. The fourth-order valence-electron chi connectivity index (χ4n) is 2.55. The van der Waals surface area contributed by atoms with Gasteiger partial charge in [-0.15, -0.1) is 0 Å². The van der Waals surface area contributed by atoms with Crippen LogP contribution in [0.1, 0.15) is 35.2 Å². The molecule has 2 rings (SSSR count). The van der Waals surface area contributed by atoms with Crippen molar-refractivity contribution in [2.45, 2.75) is 33.6 Å². The van der Waals surface area contributed by atoms with Gasteiger partial charge in [0.25, 0.3) is 0 Å². The zero-order chi connectivity index (χ0) is 11.9. The Bertz CT molecular complexity index is 523. The average Bonchev–Trinajstić information content (AvgIpc) is 2.54. The maximum absolute atomic E-state index is 5.74. The van der Waals surface area contributed by atoms with E-state index in [1.54, 1.807) is 0 Å². The zero-order valence-electron chi connectivity index (χ0n) is 10.5. The molecule has 86 valence electrons. The fraction of sp³-hybridized carbons (Fsp3) is 0.429. The summed E-state index contributed by atoms with van der Waals surface area (Å²) in [6.45, 7) is 9.34. The van der Waals surface area contributed by atoms with E-state index in [2.05, 4.69) is 44.8 Å². The molecule has 0 fully saturated rings. The maximum Gasteiger partial charge on any atom is 0.0464 e. The Labute approximate surface area is 96.9 Å². The number of rotatable bonds is 2. The summed E-state index contributed by atoms with van der Waals surface area (Å²) in [6, 6.07) is 4.45. The molecule has 1 heterocycles. The van der Waals surface area contributed by atoms with Crippen LogP contribution in [0.3, 0.4) is 0 Å². The molecule has 1 unspecified atom stereocenters. The van der Waals surface area contributed by atoms with Crippen LogP contribution in [0.25, 0.3) is 10.9 Å². The van der Waals surface area contributed by atoms with Gasteiger partial charge in [0.05, 0.1) is 0 Å². The smallest absolute Gasteiger partial charge is 0.0464 e. The summed E-state index contributed by atoms with van der Waals surface area (Å²) in [5, 5.41) is 1.36. The molecule has 2 heteroatoms. The quantitative estimate of drug-likeness (QED) is 0.795. The van der Waals surface area contributed by atoms with Crippen molar-refractivity contribution in [3.8, 4) is 0 Å². The Morgan fingerprint density at radius 3 is 2.56 bits per heavy atom. The van der Waals surface area contributed by atoms with Crippen LogP contribution in [0, 0.1) is 20.8 Å². The van der Waals surface area contributed by atoms with Crippen LogP contribution in [0.4, 0.5) is 0 Å². The number of benzene rings is 1. The minimum Gasteiger partial charge on any atom is -0.358 e. The molecule has 0 saturated carbocycles. The normalized spacial score (nSPS) is 13.3. The Balaban J connectivity index is 2.73. The molecule has 0 saturated heterocycles. The van der Waals surface area contributed by atoms with Crippen LogP contribution < -0.4 is 5.73 Å². The van der Waals surface area contributed by atoms with E-state index < -0.39 is 0 Å². The Morgan fingerprint density at radius 1 is 1.25 bits per heavy atom. The van der Waals surface area contributed by atoms with Gasteiger partial charge in [-0.2, -0.15) is 0 Å². The highest BCUT2D eigenvalue weighted by Gasteiger charge is 2.14. The molecule has 1 atom stereocenters. The first-order chi connectivity index (χ1) is 7.54. The third-order valence-corrected chi connectivity index (χ3v) is 3.37. The molecule has 0 spiro atoms. The van der Waals surface area contributed by atoms with Gasteiger partial charge in [-0.05, 0) is 43.5 Å². The summed E-state index contributed by atoms with van der Waals surface area (Å²) in [6.07, 6.45) is 0. The number of aromatic nitrogens is 1. The number of H-pyrrole nitrogens is 1. The zero-order valence-corrected chi connectivity index (χ0v) is 10.5. The number of fused-ring (bicyclic) bond motifs is 1. The highest BCUT2D eigenvalue weighted by molar-refractivity contribution is 5.88.